The number of aryl methyl sites for hydroxylation is 1. The van der Waals surface area contributed by atoms with Crippen molar-refractivity contribution in [1.82, 2.24) is 14.8 Å². The normalized spacial score (nSPS) is 14.6. The number of imide groups is 1. The molecule has 2 heterocycles. The summed E-state index contributed by atoms with van der Waals surface area (Å²) in [5.41, 5.74) is 7.43. The molecule has 0 aromatic carbocycles. The molecule has 1 aromatic rings. The number of fused-ring (bicyclic) bond motifs is 1. The standard InChI is InChI=1S/C16H24N4O2/c1-9(2)19(10(3)4)6-7-20-15(21)12-8-18-11(5)14(17)13(12)16(20)22/h8-10H,6-7,17H2,1-5H3. The van der Waals surface area contributed by atoms with Gasteiger partial charge in [0.05, 0.1) is 22.5 Å². The number of hydrogen-bond donors (Lipinski definition) is 1. The lowest BCUT2D eigenvalue weighted by atomic mass is 10.1. The molecule has 1 aromatic heterocycles. The summed E-state index contributed by atoms with van der Waals surface area (Å²) in [5, 5.41) is 0. The van der Waals surface area contributed by atoms with E-state index in [1.807, 2.05) is 0 Å². The summed E-state index contributed by atoms with van der Waals surface area (Å²) in [6.45, 7) is 11.2. The Hall–Kier alpha value is -1.95. The number of carbonyl (C=O) groups excluding carboxylic acids is 2. The number of rotatable bonds is 5. The molecule has 120 valence electrons. The van der Waals surface area contributed by atoms with Crippen LogP contribution in [-0.2, 0) is 0 Å². The number of anilines is 1. The van der Waals surface area contributed by atoms with Crippen LogP contribution in [0.3, 0.4) is 0 Å². The summed E-state index contributed by atoms with van der Waals surface area (Å²) in [6.07, 6.45) is 1.45. The van der Waals surface area contributed by atoms with Crippen LogP contribution >= 0.6 is 0 Å². The van der Waals surface area contributed by atoms with E-state index in [-0.39, 0.29) is 11.8 Å². The highest BCUT2D eigenvalue weighted by molar-refractivity contribution is 6.23. The van der Waals surface area contributed by atoms with Crippen LogP contribution in [0.4, 0.5) is 5.69 Å². The number of carbonyl (C=O) groups is 2. The molecule has 6 nitrogen and oxygen atoms in total. The van der Waals surface area contributed by atoms with Gasteiger partial charge in [-0.2, -0.15) is 0 Å². The molecule has 1 aliphatic rings. The first-order valence-corrected chi connectivity index (χ1v) is 7.62. The third-order valence-electron chi connectivity index (χ3n) is 4.16. The number of nitrogen functional groups attached to an aromatic ring is 1. The number of aromatic nitrogens is 1. The average molecular weight is 304 g/mol. The van der Waals surface area contributed by atoms with Crippen LogP contribution in [0.5, 0.6) is 0 Å². The molecule has 0 fully saturated rings. The van der Waals surface area contributed by atoms with E-state index >= 15 is 0 Å². The molecule has 2 N–H and O–H groups in total. The first-order valence-electron chi connectivity index (χ1n) is 7.62. The molecular formula is C16H24N4O2. The van der Waals surface area contributed by atoms with E-state index in [1.165, 1.54) is 11.1 Å². The van der Waals surface area contributed by atoms with E-state index < -0.39 is 0 Å². The van der Waals surface area contributed by atoms with Crippen LogP contribution < -0.4 is 5.73 Å². The van der Waals surface area contributed by atoms with Gasteiger partial charge in [-0.1, -0.05) is 0 Å². The molecule has 0 atom stereocenters. The summed E-state index contributed by atoms with van der Waals surface area (Å²) < 4.78 is 0. The Kier molecular flexibility index (Phi) is 4.51. The van der Waals surface area contributed by atoms with Gasteiger partial charge in [-0.25, -0.2) is 0 Å². The predicted molar refractivity (Wildman–Crippen MR) is 85.7 cm³/mol. The molecule has 0 unspecified atom stereocenters. The van der Waals surface area contributed by atoms with E-state index in [2.05, 4.69) is 37.6 Å². The van der Waals surface area contributed by atoms with E-state index in [1.54, 1.807) is 6.92 Å². The van der Waals surface area contributed by atoms with Crippen molar-refractivity contribution in [3.8, 4) is 0 Å². The molecular weight excluding hydrogens is 280 g/mol. The highest BCUT2D eigenvalue weighted by Crippen LogP contribution is 2.28. The van der Waals surface area contributed by atoms with E-state index in [0.29, 0.717) is 47.7 Å². The summed E-state index contributed by atoms with van der Waals surface area (Å²) in [5.74, 6) is -0.609. The van der Waals surface area contributed by atoms with Gasteiger partial charge < -0.3 is 5.73 Å². The van der Waals surface area contributed by atoms with Gasteiger partial charge in [0.15, 0.2) is 0 Å². The van der Waals surface area contributed by atoms with Crippen LogP contribution in [0.15, 0.2) is 6.20 Å². The van der Waals surface area contributed by atoms with Gasteiger partial charge in [0.25, 0.3) is 11.8 Å². The maximum atomic E-state index is 12.5. The van der Waals surface area contributed by atoms with E-state index in [0.717, 1.165) is 0 Å². The zero-order valence-electron chi connectivity index (χ0n) is 13.9. The maximum absolute atomic E-state index is 12.5. The van der Waals surface area contributed by atoms with Crippen LogP contribution in [0.2, 0.25) is 0 Å². The molecule has 6 heteroatoms. The third-order valence-corrected chi connectivity index (χ3v) is 4.16. The number of nitrogens with two attached hydrogens (primary N) is 1. The minimum absolute atomic E-state index is 0.299. The Morgan fingerprint density at radius 3 is 2.32 bits per heavy atom. The number of amides is 2. The van der Waals surface area contributed by atoms with Crippen LogP contribution in [-0.4, -0.2) is 51.8 Å². The van der Waals surface area contributed by atoms with Crippen molar-refractivity contribution in [2.24, 2.45) is 0 Å². The third kappa shape index (κ3) is 2.70. The molecule has 1 aliphatic heterocycles. The number of nitrogens with zero attached hydrogens (tertiary/aromatic N) is 3. The molecule has 0 aliphatic carbocycles. The van der Waals surface area contributed by atoms with Gasteiger partial charge in [-0.05, 0) is 34.6 Å². The summed E-state index contributed by atoms with van der Waals surface area (Å²) in [4.78, 5) is 32.5. The van der Waals surface area contributed by atoms with Crippen molar-refractivity contribution in [2.75, 3.05) is 18.8 Å². The lowest BCUT2D eigenvalue weighted by Gasteiger charge is -2.31. The second kappa shape index (κ2) is 6.04. The molecule has 0 radical (unpaired) electrons. The van der Waals surface area contributed by atoms with Crippen molar-refractivity contribution < 1.29 is 9.59 Å². The van der Waals surface area contributed by atoms with Crippen molar-refractivity contribution >= 4 is 17.5 Å². The minimum Gasteiger partial charge on any atom is -0.397 e. The van der Waals surface area contributed by atoms with Gasteiger partial charge in [-0.3, -0.25) is 24.4 Å². The maximum Gasteiger partial charge on any atom is 0.263 e. The Labute approximate surface area is 131 Å². The van der Waals surface area contributed by atoms with Crippen LogP contribution in [0.25, 0.3) is 0 Å². The van der Waals surface area contributed by atoms with Gasteiger partial charge in [0, 0.05) is 31.4 Å². The molecule has 2 rings (SSSR count). The van der Waals surface area contributed by atoms with Crippen molar-refractivity contribution in [3.63, 3.8) is 0 Å². The zero-order chi connectivity index (χ0) is 16.6. The summed E-state index contributed by atoms with van der Waals surface area (Å²) in [6, 6.07) is 0.702. The summed E-state index contributed by atoms with van der Waals surface area (Å²) in [7, 11) is 0. The van der Waals surface area contributed by atoms with E-state index in [4.69, 9.17) is 5.73 Å². The molecule has 0 saturated heterocycles. The molecule has 22 heavy (non-hydrogen) atoms. The van der Waals surface area contributed by atoms with Crippen molar-refractivity contribution in [3.05, 3.63) is 23.0 Å². The molecule has 0 spiro atoms. The van der Waals surface area contributed by atoms with Crippen molar-refractivity contribution in [2.45, 2.75) is 46.7 Å². The fourth-order valence-corrected chi connectivity index (χ4v) is 2.92. The molecule has 0 bridgehead atoms. The zero-order valence-corrected chi connectivity index (χ0v) is 13.9. The largest absolute Gasteiger partial charge is 0.397 e. The fourth-order valence-electron chi connectivity index (χ4n) is 2.92. The Bertz CT molecular complexity index is 602. The average Bonchev–Trinajstić information content (AvgIpc) is 2.67. The Morgan fingerprint density at radius 2 is 1.77 bits per heavy atom. The van der Waals surface area contributed by atoms with Crippen LogP contribution in [0, 0.1) is 6.92 Å². The fraction of sp³-hybridized carbons (Fsp3) is 0.562. The van der Waals surface area contributed by atoms with E-state index in [9.17, 15) is 9.59 Å². The smallest absolute Gasteiger partial charge is 0.263 e. The van der Waals surface area contributed by atoms with Crippen LogP contribution in [0.1, 0.15) is 54.1 Å². The first kappa shape index (κ1) is 16.4. The number of hydrogen-bond acceptors (Lipinski definition) is 5. The highest BCUT2D eigenvalue weighted by Gasteiger charge is 2.38. The second-order valence-electron chi connectivity index (χ2n) is 6.23. The highest BCUT2D eigenvalue weighted by atomic mass is 16.2. The number of pyridine rings is 1. The monoisotopic (exact) mass is 304 g/mol. The Balaban J connectivity index is 2.20. The summed E-state index contributed by atoms with van der Waals surface area (Å²) >= 11 is 0. The quantitative estimate of drug-likeness (QED) is 0.837. The predicted octanol–water partition coefficient (Wildman–Crippen LogP) is 1.69. The van der Waals surface area contributed by atoms with Gasteiger partial charge in [-0.15, -0.1) is 0 Å². The minimum atomic E-state index is -0.310. The van der Waals surface area contributed by atoms with Gasteiger partial charge in [0.1, 0.15) is 0 Å². The topological polar surface area (TPSA) is 79.5 Å². The lowest BCUT2D eigenvalue weighted by molar-refractivity contribution is 0.0614. The van der Waals surface area contributed by atoms with Gasteiger partial charge >= 0.3 is 0 Å². The lowest BCUT2D eigenvalue weighted by Crippen LogP contribution is -2.44. The molecule has 0 saturated carbocycles. The molecule has 2 amide bonds. The Morgan fingerprint density at radius 1 is 1.18 bits per heavy atom. The van der Waals surface area contributed by atoms with Crippen molar-refractivity contribution in [1.29, 1.82) is 0 Å². The second-order valence-corrected chi connectivity index (χ2v) is 6.23. The van der Waals surface area contributed by atoms with Gasteiger partial charge in [0.2, 0.25) is 0 Å². The first-order chi connectivity index (χ1) is 10.3. The SMILES string of the molecule is Cc1ncc2c(c1N)C(=O)N(CCN(C(C)C)C(C)C)C2=O.